The number of benzene rings is 1. The van der Waals surface area contributed by atoms with Crippen molar-refractivity contribution in [1.29, 1.82) is 0 Å². The van der Waals surface area contributed by atoms with E-state index in [1.165, 1.54) is 11.3 Å². The predicted molar refractivity (Wildman–Crippen MR) is 99.7 cm³/mol. The highest BCUT2D eigenvalue weighted by atomic mass is 35.5. The minimum absolute atomic E-state index is 0.114. The summed E-state index contributed by atoms with van der Waals surface area (Å²) in [5.41, 5.74) is 0.939. The van der Waals surface area contributed by atoms with Crippen LogP contribution < -0.4 is 10.1 Å². The largest absolute Gasteiger partial charge is 0.489 e. The van der Waals surface area contributed by atoms with Crippen LogP contribution in [0.1, 0.15) is 15.2 Å². The van der Waals surface area contributed by atoms with Gasteiger partial charge in [-0.15, -0.1) is 11.3 Å². The fraction of sp³-hybridized carbons (Fsp3) is 0.176. The van der Waals surface area contributed by atoms with E-state index >= 15 is 0 Å². The number of rotatable bonds is 7. The normalized spacial score (nSPS) is 10.6. The third-order valence-corrected chi connectivity index (χ3v) is 4.72. The second kappa shape index (κ2) is 8.38. The summed E-state index contributed by atoms with van der Waals surface area (Å²) in [6.07, 6.45) is 3.28. The van der Waals surface area contributed by atoms with Crippen LogP contribution in [0.15, 0.2) is 48.1 Å². The van der Waals surface area contributed by atoms with E-state index in [0.29, 0.717) is 40.4 Å². The van der Waals surface area contributed by atoms with Crippen molar-refractivity contribution in [3.63, 3.8) is 0 Å². The number of aromatic nitrogens is 2. The Labute approximate surface area is 159 Å². The Hall–Kier alpha value is -2.02. The first kappa shape index (κ1) is 17.8. The van der Waals surface area contributed by atoms with Crippen molar-refractivity contribution in [1.82, 2.24) is 15.1 Å². The van der Waals surface area contributed by atoms with Crippen molar-refractivity contribution in [2.75, 3.05) is 6.54 Å². The molecule has 0 radical (unpaired) electrons. The number of carbonyl (C=O) groups is 1. The van der Waals surface area contributed by atoms with Gasteiger partial charge in [0.2, 0.25) is 0 Å². The summed E-state index contributed by atoms with van der Waals surface area (Å²) in [5.74, 6) is 0.583. The zero-order valence-corrected chi connectivity index (χ0v) is 15.4. The van der Waals surface area contributed by atoms with Gasteiger partial charge in [-0.3, -0.25) is 9.48 Å². The van der Waals surface area contributed by atoms with Gasteiger partial charge < -0.3 is 10.1 Å². The quantitative estimate of drug-likeness (QED) is 0.649. The Kier molecular flexibility index (Phi) is 5.96. The van der Waals surface area contributed by atoms with Gasteiger partial charge in [0.25, 0.3) is 5.91 Å². The van der Waals surface area contributed by atoms with Crippen LogP contribution in [0.3, 0.4) is 0 Å². The Morgan fingerprint density at radius 3 is 2.92 bits per heavy atom. The summed E-state index contributed by atoms with van der Waals surface area (Å²) in [5, 5.41) is 10.0. The molecule has 2 heterocycles. The molecule has 0 bridgehead atoms. The third kappa shape index (κ3) is 5.22. The monoisotopic (exact) mass is 395 g/mol. The zero-order chi connectivity index (χ0) is 17.6. The number of hydrogen-bond donors (Lipinski definition) is 1. The van der Waals surface area contributed by atoms with Gasteiger partial charge in [0.05, 0.1) is 22.6 Å². The zero-order valence-electron chi connectivity index (χ0n) is 13.1. The first-order valence-electron chi connectivity index (χ1n) is 7.52. The molecule has 0 aliphatic rings. The molecule has 0 atom stereocenters. The highest BCUT2D eigenvalue weighted by molar-refractivity contribution is 7.12. The van der Waals surface area contributed by atoms with Gasteiger partial charge >= 0.3 is 0 Å². The number of hydrogen-bond acceptors (Lipinski definition) is 4. The third-order valence-electron chi connectivity index (χ3n) is 3.31. The summed E-state index contributed by atoms with van der Waals surface area (Å²) in [6, 6.07) is 9.04. The van der Waals surface area contributed by atoms with Gasteiger partial charge in [-0.05, 0) is 29.6 Å². The molecule has 0 aliphatic carbocycles. The summed E-state index contributed by atoms with van der Waals surface area (Å²) in [6.45, 7) is 1.42. The van der Waals surface area contributed by atoms with Gasteiger partial charge in [0.1, 0.15) is 12.4 Å². The Morgan fingerprint density at radius 2 is 2.16 bits per heavy atom. The highest BCUT2D eigenvalue weighted by Gasteiger charge is 2.09. The molecular weight excluding hydrogens is 381 g/mol. The van der Waals surface area contributed by atoms with E-state index in [-0.39, 0.29) is 5.91 Å². The van der Waals surface area contributed by atoms with Crippen molar-refractivity contribution in [3.05, 3.63) is 68.6 Å². The number of nitrogens with one attached hydrogen (secondary N) is 1. The Bertz CT molecular complexity index is 863. The molecule has 1 aromatic carbocycles. The lowest BCUT2D eigenvalue weighted by atomic mass is 10.3. The minimum atomic E-state index is -0.114. The molecule has 130 valence electrons. The van der Waals surface area contributed by atoms with Gasteiger partial charge in [0.15, 0.2) is 0 Å². The van der Waals surface area contributed by atoms with Crippen LogP contribution in [0.2, 0.25) is 10.0 Å². The first-order valence-corrected chi connectivity index (χ1v) is 9.15. The van der Waals surface area contributed by atoms with Crippen molar-refractivity contribution < 1.29 is 9.53 Å². The fourth-order valence-corrected chi connectivity index (χ4v) is 3.28. The van der Waals surface area contributed by atoms with Crippen LogP contribution in [-0.2, 0) is 13.2 Å². The van der Waals surface area contributed by atoms with Crippen LogP contribution in [0, 0.1) is 0 Å². The molecule has 3 rings (SSSR count). The van der Waals surface area contributed by atoms with E-state index in [0.717, 1.165) is 5.56 Å². The molecular formula is C17H15Cl2N3O2S. The van der Waals surface area contributed by atoms with Crippen LogP contribution in [0.4, 0.5) is 0 Å². The van der Waals surface area contributed by atoms with E-state index in [4.69, 9.17) is 27.9 Å². The minimum Gasteiger partial charge on any atom is -0.489 e. The molecule has 25 heavy (non-hydrogen) atoms. The number of nitrogens with zero attached hydrogens (tertiary/aromatic N) is 2. The molecule has 2 aromatic heterocycles. The predicted octanol–water partition coefficient (Wildman–Crippen LogP) is 4.26. The SMILES string of the molecule is O=C(NCCn1cc(Cl)cn1)c1cc(COc2cccc(Cl)c2)cs1. The van der Waals surface area contributed by atoms with Gasteiger partial charge in [0, 0.05) is 23.3 Å². The van der Waals surface area contributed by atoms with E-state index in [9.17, 15) is 4.79 Å². The van der Waals surface area contributed by atoms with Crippen molar-refractivity contribution in [2.24, 2.45) is 0 Å². The van der Waals surface area contributed by atoms with Crippen LogP contribution in [-0.4, -0.2) is 22.2 Å². The number of carbonyl (C=O) groups excluding carboxylic acids is 1. The smallest absolute Gasteiger partial charge is 0.261 e. The molecule has 1 N–H and O–H groups in total. The molecule has 1 amide bonds. The second-order valence-electron chi connectivity index (χ2n) is 5.24. The average Bonchev–Trinajstić information content (AvgIpc) is 3.22. The molecule has 5 nitrogen and oxygen atoms in total. The maximum Gasteiger partial charge on any atom is 0.261 e. The standard InChI is InChI=1S/C17H15Cl2N3O2S/c18-13-2-1-3-15(7-13)24-10-12-6-16(25-11-12)17(23)20-4-5-22-9-14(19)8-21-22/h1-3,6-9,11H,4-5,10H2,(H,20,23). The summed E-state index contributed by atoms with van der Waals surface area (Å²) in [7, 11) is 0. The van der Waals surface area contributed by atoms with Gasteiger partial charge in [-0.1, -0.05) is 29.3 Å². The molecule has 3 aromatic rings. The molecule has 0 fully saturated rings. The topological polar surface area (TPSA) is 56.2 Å². The first-order chi connectivity index (χ1) is 12.1. The summed E-state index contributed by atoms with van der Waals surface area (Å²) < 4.78 is 7.36. The molecule has 0 saturated carbocycles. The fourth-order valence-electron chi connectivity index (χ4n) is 2.13. The maximum atomic E-state index is 12.2. The lowest BCUT2D eigenvalue weighted by Gasteiger charge is -2.05. The number of ether oxygens (including phenoxy) is 1. The maximum absolute atomic E-state index is 12.2. The van der Waals surface area contributed by atoms with Crippen LogP contribution >= 0.6 is 34.5 Å². The van der Waals surface area contributed by atoms with Crippen LogP contribution in [0.5, 0.6) is 5.75 Å². The summed E-state index contributed by atoms with van der Waals surface area (Å²) in [4.78, 5) is 12.8. The number of amides is 1. The molecule has 0 aliphatic heterocycles. The van der Waals surface area contributed by atoms with Crippen molar-refractivity contribution >= 4 is 40.4 Å². The molecule has 0 saturated heterocycles. The molecule has 0 unspecified atom stereocenters. The van der Waals surface area contributed by atoms with Crippen LogP contribution in [0.25, 0.3) is 0 Å². The van der Waals surface area contributed by atoms with E-state index in [1.54, 1.807) is 29.2 Å². The van der Waals surface area contributed by atoms with E-state index < -0.39 is 0 Å². The average molecular weight is 396 g/mol. The molecule has 0 spiro atoms. The van der Waals surface area contributed by atoms with Gasteiger partial charge in [-0.25, -0.2) is 0 Å². The van der Waals surface area contributed by atoms with Gasteiger partial charge in [-0.2, -0.15) is 5.10 Å². The Morgan fingerprint density at radius 1 is 1.28 bits per heavy atom. The second-order valence-corrected chi connectivity index (χ2v) is 7.03. The Balaban J connectivity index is 1.47. The summed E-state index contributed by atoms with van der Waals surface area (Å²) >= 11 is 13.1. The number of thiophene rings is 1. The highest BCUT2D eigenvalue weighted by Crippen LogP contribution is 2.20. The van der Waals surface area contributed by atoms with E-state index in [1.807, 2.05) is 23.6 Å². The molecule has 8 heteroatoms. The number of halogens is 2. The van der Waals surface area contributed by atoms with Crippen molar-refractivity contribution in [2.45, 2.75) is 13.2 Å². The van der Waals surface area contributed by atoms with Crippen molar-refractivity contribution in [3.8, 4) is 5.75 Å². The lowest BCUT2D eigenvalue weighted by Crippen LogP contribution is -2.26. The lowest BCUT2D eigenvalue weighted by molar-refractivity contribution is 0.0956. The van der Waals surface area contributed by atoms with E-state index in [2.05, 4.69) is 10.4 Å².